The van der Waals surface area contributed by atoms with Crippen molar-refractivity contribution in [1.29, 1.82) is 0 Å². The highest BCUT2D eigenvalue weighted by Crippen LogP contribution is 2.36. The van der Waals surface area contributed by atoms with Crippen molar-refractivity contribution in [1.82, 2.24) is 24.8 Å². The minimum atomic E-state index is -0.0210. The lowest BCUT2D eigenvalue weighted by Gasteiger charge is -2.36. The number of fused-ring (bicyclic) bond motifs is 1. The summed E-state index contributed by atoms with van der Waals surface area (Å²) in [6, 6.07) is 4.14. The normalized spacial score (nSPS) is 16.8. The number of aromatic nitrogens is 3. The Morgan fingerprint density at radius 2 is 2.12 bits per heavy atom. The lowest BCUT2D eigenvalue weighted by atomic mass is 10.0. The van der Waals surface area contributed by atoms with Gasteiger partial charge < -0.3 is 19.4 Å². The predicted molar refractivity (Wildman–Crippen MR) is 128 cm³/mol. The fourth-order valence-corrected chi connectivity index (χ4v) is 5.47. The van der Waals surface area contributed by atoms with E-state index in [-0.39, 0.29) is 5.91 Å². The number of nitrogens with zero attached hydrogens (tertiary/aromatic N) is 6. The van der Waals surface area contributed by atoms with Gasteiger partial charge in [-0.3, -0.25) is 4.79 Å². The average molecular weight is 455 g/mol. The minimum Gasteiger partial charge on any atom is -0.481 e. The lowest BCUT2D eigenvalue weighted by molar-refractivity contribution is 0.0789. The molecule has 1 aliphatic rings. The van der Waals surface area contributed by atoms with E-state index in [1.807, 2.05) is 26.1 Å². The second-order valence-corrected chi connectivity index (χ2v) is 9.47. The van der Waals surface area contributed by atoms with Crippen LogP contribution in [-0.4, -0.2) is 78.0 Å². The summed E-state index contributed by atoms with van der Waals surface area (Å²) in [5.74, 6) is 1.43. The van der Waals surface area contributed by atoms with Crippen LogP contribution in [0.2, 0.25) is 0 Å². The summed E-state index contributed by atoms with van der Waals surface area (Å²) in [4.78, 5) is 34.5. The van der Waals surface area contributed by atoms with Gasteiger partial charge in [0.1, 0.15) is 17.0 Å². The van der Waals surface area contributed by atoms with E-state index < -0.39 is 0 Å². The summed E-state index contributed by atoms with van der Waals surface area (Å²) >= 11 is 1.44. The van der Waals surface area contributed by atoms with Gasteiger partial charge in [-0.25, -0.2) is 15.0 Å². The Morgan fingerprint density at radius 3 is 2.88 bits per heavy atom. The van der Waals surface area contributed by atoms with E-state index in [2.05, 4.69) is 38.8 Å². The number of pyridine rings is 1. The number of rotatable bonds is 6. The number of carbonyl (C=O) groups is 1. The van der Waals surface area contributed by atoms with Gasteiger partial charge >= 0.3 is 0 Å². The summed E-state index contributed by atoms with van der Waals surface area (Å²) < 4.78 is 5.20. The standard InChI is InChI=1S/C23H30N6O2S/c1-15-19-21(29(4)17-7-6-10-27(2)13-17)25-14-26-22(19)32-20(15)23(30)28(3)12-16-8-9-24-18(11-16)31-5/h8-9,11,14,17H,6-7,10,12-13H2,1-5H3. The summed E-state index contributed by atoms with van der Waals surface area (Å²) in [5.41, 5.74) is 1.91. The smallest absolute Gasteiger partial charge is 0.264 e. The van der Waals surface area contributed by atoms with E-state index in [9.17, 15) is 4.79 Å². The topological polar surface area (TPSA) is 74.7 Å². The van der Waals surface area contributed by atoms with Crippen LogP contribution in [0.3, 0.4) is 0 Å². The molecule has 1 amide bonds. The van der Waals surface area contributed by atoms with Crippen LogP contribution in [0.25, 0.3) is 10.2 Å². The van der Waals surface area contributed by atoms with Crippen LogP contribution in [0, 0.1) is 6.92 Å². The Kier molecular flexibility index (Phi) is 6.57. The zero-order valence-electron chi connectivity index (χ0n) is 19.3. The molecule has 0 aromatic carbocycles. The summed E-state index contributed by atoms with van der Waals surface area (Å²) in [7, 11) is 7.67. The third-order valence-corrected chi connectivity index (χ3v) is 7.35. The quantitative estimate of drug-likeness (QED) is 0.566. The number of methoxy groups -OCH3 is 1. The number of hydrogen-bond donors (Lipinski definition) is 0. The van der Waals surface area contributed by atoms with Crippen molar-refractivity contribution < 1.29 is 9.53 Å². The number of piperidine rings is 1. The molecule has 0 N–H and O–H groups in total. The van der Waals surface area contributed by atoms with Gasteiger partial charge in [0.15, 0.2) is 0 Å². The highest BCUT2D eigenvalue weighted by atomic mass is 32.1. The van der Waals surface area contributed by atoms with Gasteiger partial charge in [-0.15, -0.1) is 11.3 Å². The van der Waals surface area contributed by atoms with Crippen LogP contribution in [0.5, 0.6) is 5.88 Å². The molecule has 1 fully saturated rings. The average Bonchev–Trinajstić information content (AvgIpc) is 3.14. The monoisotopic (exact) mass is 454 g/mol. The number of thiophene rings is 1. The van der Waals surface area contributed by atoms with Gasteiger partial charge in [0.2, 0.25) is 5.88 Å². The first-order valence-corrected chi connectivity index (χ1v) is 11.6. The van der Waals surface area contributed by atoms with Gasteiger partial charge in [-0.2, -0.15) is 0 Å². The zero-order chi connectivity index (χ0) is 22.8. The van der Waals surface area contributed by atoms with Crippen molar-refractivity contribution >= 4 is 33.3 Å². The molecule has 3 aromatic heterocycles. The van der Waals surface area contributed by atoms with E-state index >= 15 is 0 Å². The van der Waals surface area contributed by atoms with E-state index in [1.54, 1.807) is 24.5 Å². The van der Waals surface area contributed by atoms with E-state index in [0.29, 0.717) is 23.3 Å². The molecule has 1 saturated heterocycles. The Balaban J connectivity index is 1.61. The van der Waals surface area contributed by atoms with Crippen molar-refractivity contribution in [3.8, 4) is 5.88 Å². The molecule has 4 rings (SSSR count). The molecule has 8 nitrogen and oxygen atoms in total. The van der Waals surface area contributed by atoms with Crippen molar-refractivity contribution in [2.45, 2.75) is 32.4 Å². The molecule has 9 heteroatoms. The number of hydrogen-bond acceptors (Lipinski definition) is 8. The van der Waals surface area contributed by atoms with Gasteiger partial charge in [0.25, 0.3) is 5.91 Å². The van der Waals surface area contributed by atoms with E-state index in [4.69, 9.17) is 4.74 Å². The van der Waals surface area contributed by atoms with Gasteiger partial charge in [0, 0.05) is 45.5 Å². The number of likely N-dealkylation sites (N-methyl/N-ethyl adjacent to an activating group) is 2. The molecule has 3 aromatic rings. The summed E-state index contributed by atoms with van der Waals surface area (Å²) in [6.45, 7) is 4.62. The summed E-state index contributed by atoms with van der Waals surface area (Å²) in [5, 5.41) is 0.982. The maximum absolute atomic E-state index is 13.3. The SMILES string of the molecule is COc1cc(CN(C)C(=O)c2sc3ncnc(N(C)C4CCCN(C)C4)c3c2C)ccn1. The Labute approximate surface area is 192 Å². The van der Waals surface area contributed by atoms with E-state index in [1.165, 1.54) is 17.8 Å². The Bertz CT molecular complexity index is 1120. The van der Waals surface area contributed by atoms with Gasteiger partial charge in [-0.1, -0.05) is 0 Å². The number of aryl methyl sites for hydroxylation is 1. The molecule has 0 aliphatic carbocycles. The van der Waals surface area contributed by atoms with Crippen molar-refractivity contribution in [2.24, 2.45) is 0 Å². The first-order valence-electron chi connectivity index (χ1n) is 10.8. The molecule has 0 saturated carbocycles. The van der Waals surface area contributed by atoms with Gasteiger partial charge in [-0.05, 0) is 50.6 Å². The number of carbonyl (C=O) groups excluding carboxylic acids is 1. The predicted octanol–water partition coefficient (Wildman–Crippen LogP) is 3.21. The fourth-order valence-electron chi connectivity index (χ4n) is 4.33. The molecular weight excluding hydrogens is 424 g/mol. The highest BCUT2D eigenvalue weighted by molar-refractivity contribution is 7.20. The molecule has 4 heterocycles. The Morgan fingerprint density at radius 1 is 1.31 bits per heavy atom. The van der Waals surface area contributed by atoms with Crippen LogP contribution in [0.1, 0.15) is 33.6 Å². The lowest BCUT2D eigenvalue weighted by Crippen LogP contribution is -2.45. The van der Waals surface area contributed by atoms with Crippen LogP contribution in [0.4, 0.5) is 5.82 Å². The molecule has 32 heavy (non-hydrogen) atoms. The third-order valence-electron chi connectivity index (χ3n) is 6.16. The largest absolute Gasteiger partial charge is 0.481 e. The first-order chi connectivity index (χ1) is 15.4. The minimum absolute atomic E-state index is 0.0210. The second-order valence-electron chi connectivity index (χ2n) is 8.47. The number of anilines is 1. The van der Waals surface area contributed by atoms with Crippen molar-refractivity contribution in [2.75, 3.05) is 46.2 Å². The molecule has 1 atom stereocenters. The highest BCUT2D eigenvalue weighted by Gasteiger charge is 2.27. The molecule has 0 radical (unpaired) electrons. The Hall–Kier alpha value is -2.78. The number of amides is 1. The van der Waals surface area contributed by atoms with Crippen LogP contribution in [0.15, 0.2) is 24.7 Å². The first kappa shape index (κ1) is 22.4. The fraction of sp³-hybridized carbons (Fsp3) is 0.478. The van der Waals surface area contributed by atoms with Crippen LogP contribution >= 0.6 is 11.3 Å². The molecule has 170 valence electrons. The van der Waals surface area contributed by atoms with Gasteiger partial charge in [0.05, 0.1) is 17.4 Å². The van der Waals surface area contributed by atoms with Crippen LogP contribution < -0.4 is 9.64 Å². The van der Waals surface area contributed by atoms with Crippen LogP contribution in [-0.2, 0) is 6.54 Å². The molecule has 1 unspecified atom stereocenters. The zero-order valence-corrected chi connectivity index (χ0v) is 20.1. The maximum atomic E-state index is 13.3. The molecule has 0 spiro atoms. The maximum Gasteiger partial charge on any atom is 0.264 e. The van der Waals surface area contributed by atoms with E-state index in [0.717, 1.165) is 46.7 Å². The van der Waals surface area contributed by atoms with Crippen molar-refractivity contribution in [3.05, 3.63) is 40.7 Å². The molecule has 1 aliphatic heterocycles. The second kappa shape index (κ2) is 9.38. The number of likely N-dealkylation sites (tertiary alicyclic amines) is 1. The molecule has 0 bridgehead atoms. The summed E-state index contributed by atoms with van der Waals surface area (Å²) in [6.07, 6.45) is 5.62. The number of ether oxygens (including phenoxy) is 1. The van der Waals surface area contributed by atoms with Crippen molar-refractivity contribution in [3.63, 3.8) is 0 Å². The molecular formula is C23H30N6O2S. The third kappa shape index (κ3) is 4.40.